The van der Waals surface area contributed by atoms with E-state index in [2.05, 4.69) is 0 Å². The third kappa shape index (κ3) is 3.46. The number of carbonyl (C=O) groups is 1. The number of para-hydroxylation sites is 1. The van der Waals surface area contributed by atoms with Crippen LogP contribution in [0.4, 0.5) is 0 Å². The van der Waals surface area contributed by atoms with E-state index in [0.717, 1.165) is 28.0 Å². The Labute approximate surface area is 141 Å². The van der Waals surface area contributed by atoms with Crippen LogP contribution in [0, 0.1) is 6.92 Å². The minimum absolute atomic E-state index is 0.311. The van der Waals surface area contributed by atoms with Gasteiger partial charge >= 0.3 is 5.97 Å². The van der Waals surface area contributed by atoms with E-state index in [4.69, 9.17) is 4.74 Å². The SMILES string of the molecule is Cc1ccc(-c2ccccc2OCc2ccccc2)cc1C(=O)O. The van der Waals surface area contributed by atoms with E-state index in [1.54, 1.807) is 13.0 Å². The Bertz CT molecular complexity index is 854. The van der Waals surface area contributed by atoms with Crippen molar-refractivity contribution >= 4 is 5.97 Å². The molecular formula is C21H18O3. The molecule has 3 rings (SSSR count). The molecule has 0 fully saturated rings. The van der Waals surface area contributed by atoms with Crippen molar-refractivity contribution in [2.45, 2.75) is 13.5 Å². The molecule has 0 radical (unpaired) electrons. The second-order valence-corrected chi connectivity index (χ2v) is 5.61. The van der Waals surface area contributed by atoms with Gasteiger partial charge in [-0.15, -0.1) is 0 Å². The normalized spacial score (nSPS) is 10.4. The van der Waals surface area contributed by atoms with Crippen LogP contribution in [0.25, 0.3) is 11.1 Å². The molecule has 0 saturated heterocycles. The van der Waals surface area contributed by atoms with Gasteiger partial charge in [-0.3, -0.25) is 0 Å². The molecule has 24 heavy (non-hydrogen) atoms. The van der Waals surface area contributed by atoms with Gasteiger partial charge in [0.2, 0.25) is 0 Å². The van der Waals surface area contributed by atoms with E-state index < -0.39 is 5.97 Å². The summed E-state index contributed by atoms with van der Waals surface area (Å²) in [6.07, 6.45) is 0. The lowest BCUT2D eigenvalue weighted by molar-refractivity contribution is 0.0696. The van der Waals surface area contributed by atoms with Crippen LogP contribution in [-0.4, -0.2) is 11.1 Å². The molecule has 1 N–H and O–H groups in total. The molecular weight excluding hydrogens is 300 g/mol. The monoisotopic (exact) mass is 318 g/mol. The van der Waals surface area contributed by atoms with Crippen molar-refractivity contribution in [3.05, 3.63) is 89.5 Å². The van der Waals surface area contributed by atoms with Crippen LogP contribution in [0.1, 0.15) is 21.5 Å². The summed E-state index contributed by atoms with van der Waals surface area (Å²) in [5, 5.41) is 9.33. The van der Waals surface area contributed by atoms with Crippen LogP contribution in [0.5, 0.6) is 5.75 Å². The summed E-state index contributed by atoms with van der Waals surface area (Å²) < 4.78 is 5.96. The van der Waals surface area contributed by atoms with Gasteiger partial charge in [0.05, 0.1) is 5.56 Å². The number of aromatic carboxylic acids is 1. The Morgan fingerprint density at radius 2 is 1.67 bits per heavy atom. The molecule has 0 amide bonds. The molecule has 0 bridgehead atoms. The second kappa shape index (κ2) is 7.01. The molecule has 0 heterocycles. The number of carboxylic acid groups (broad SMARTS) is 1. The van der Waals surface area contributed by atoms with Gasteiger partial charge in [0, 0.05) is 5.56 Å². The molecule has 0 atom stereocenters. The largest absolute Gasteiger partial charge is 0.488 e. The summed E-state index contributed by atoms with van der Waals surface area (Å²) >= 11 is 0. The lowest BCUT2D eigenvalue weighted by atomic mass is 9.99. The molecule has 0 unspecified atom stereocenters. The van der Waals surface area contributed by atoms with Crippen LogP contribution < -0.4 is 4.74 Å². The van der Waals surface area contributed by atoms with Crippen molar-refractivity contribution in [1.29, 1.82) is 0 Å². The molecule has 0 spiro atoms. The van der Waals surface area contributed by atoms with Crippen molar-refractivity contribution in [1.82, 2.24) is 0 Å². The zero-order chi connectivity index (χ0) is 16.9. The number of carboxylic acids is 1. The van der Waals surface area contributed by atoms with Crippen molar-refractivity contribution in [2.75, 3.05) is 0 Å². The third-order valence-corrected chi connectivity index (χ3v) is 3.90. The highest BCUT2D eigenvalue weighted by molar-refractivity contribution is 5.91. The van der Waals surface area contributed by atoms with Gasteiger partial charge in [-0.2, -0.15) is 0 Å². The zero-order valence-corrected chi connectivity index (χ0v) is 13.4. The average molecular weight is 318 g/mol. The average Bonchev–Trinajstić information content (AvgIpc) is 2.61. The minimum atomic E-state index is -0.919. The first-order chi connectivity index (χ1) is 11.6. The number of rotatable bonds is 5. The first-order valence-corrected chi connectivity index (χ1v) is 7.75. The summed E-state index contributed by atoms with van der Waals surface area (Å²) in [6.45, 7) is 2.26. The highest BCUT2D eigenvalue weighted by Crippen LogP contribution is 2.31. The molecule has 3 aromatic rings. The highest BCUT2D eigenvalue weighted by atomic mass is 16.5. The molecule has 0 saturated carbocycles. The van der Waals surface area contributed by atoms with Gasteiger partial charge in [0.25, 0.3) is 0 Å². The Balaban J connectivity index is 1.92. The van der Waals surface area contributed by atoms with Crippen LogP contribution in [0.15, 0.2) is 72.8 Å². The first kappa shape index (κ1) is 15.8. The fraction of sp³-hybridized carbons (Fsp3) is 0.0952. The van der Waals surface area contributed by atoms with Gasteiger partial charge in [-0.1, -0.05) is 60.7 Å². The highest BCUT2D eigenvalue weighted by Gasteiger charge is 2.11. The van der Waals surface area contributed by atoms with Gasteiger partial charge in [0.1, 0.15) is 12.4 Å². The number of hydrogen-bond acceptors (Lipinski definition) is 2. The summed E-state index contributed by atoms with van der Waals surface area (Å²) in [5.74, 6) is -0.182. The van der Waals surface area contributed by atoms with Crippen molar-refractivity contribution in [3.63, 3.8) is 0 Å². The van der Waals surface area contributed by atoms with Crippen molar-refractivity contribution < 1.29 is 14.6 Å². The maximum absolute atomic E-state index is 11.4. The maximum atomic E-state index is 11.4. The van der Waals surface area contributed by atoms with E-state index >= 15 is 0 Å². The predicted octanol–water partition coefficient (Wildman–Crippen LogP) is 4.94. The summed E-state index contributed by atoms with van der Waals surface area (Å²) in [6, 6.07) is 23.1. The number of aryl methyl sites for hydroxylation is 1. The van der Waals surface area contributed by atoms with E-state index in [9.17, 15) is 9.90 Å². The van der Waals surface area contributed by atoms with Gasteiger partial charge < -0.3 is 9.84 Å². The number of hydrogen-bond donors (Lipinski definition) is 1. The van der Waals surface area contributed by atoms with Gasteiger partial charge in [-0.25, -0.2) is 4.79 Å². The Morgan fingerprint density at radius 3 is 2.42 bits per heavy atom. The van der Waals surface area contributed by atoms with Crippen LogP contribution in [0.2, 0.25) is 0 Å². The fourth-order valence-electron chi connectivity index (χ4n) is 2.59. The van der Waals surface area contributed by atoms with E-state index in [-0.39, 0.29) is 0 Å². The molecule has 3 aromatic carbocycles. The summed E-state index contributed by atoms with van der Waals surface area (Å²) in [4.78, 5) is 11.4. The number of ether oxygens (including phenoxy) is 1. The van der Waals surface area contributed by atoms with Gasteiger partial charge in [-0.05, 0) is 35.7 Å². The maximum Gasteiger partial charge on any atom is 0.335 e. The molecule has 3 heteroatoms. The number of benzene rings is 3. The van der Waals surface area contributed by atoms with E-state index in [1.807, 2.05) is 66.7 Å². The Hall–Kier alpha value is -3.07. The molecule has 3 nitrogen and oxygen atoms in total. The lowest BCUT2D eigenvalue weighted by Gasteiger charge is -2.13. The fourth-order valence-corrected chi connectivity index (χ4v) is 2.59. The standard InChI is InChI=1S/C21H18O3/c1-15-11-12-17(13-19(15)21(22)23)18-9-5-6-10-20(18)24-14-16-7-3-2-4-8-16/h2-13H,14H2,1H3,(H,22,23). The first-order valence-electron chi connectivity index (χ1n) is 7.75. The molecule has 120 valence electrons. The van der Waals surface area contributed by atoms with Crippen LogP contribution in [-0.2, 0) is 6.61 Å². The molecule has 0 aliphatic carbocycles. The molecule has 0 aromatic heterocycles. The Kier molecular flexibility index (Phi) is 4.62. The van der Waals surface area contributed by atoms with E-state index in [0.29, 0.717) is 12.2 Å². The third-order valence-electron chi connectivity index (χ3n) is 3.90. The van der Waals surface area contributed by atoms with Crippen LogP contribution in [0.3, 0.4) is 0 Å². The molecule has 0 aliphatic rings. The van der Waals surface area contributed by atoms with Gasteiger partial charge in [0.15, 0.2) is 0 Å². The quantitative estimate of drug-likeness (QED) is 0.725. The topological polar surface area (TPSA) is 46.5 Å². The second-order valence-electron chi connectivity index (χ2n) is 5.61. The summed E-state index contributed by atoms with van der Waals surface area (Å²) in [7, 11) is 0. The lowest BCUT2D eigenvalue weighted by Crippen LogP contribution is -2.01. The zero-order valence-electron chi connectivity index (χ0n) is 13.4. The Morgan fingerprint density at radius 1 is 0.958 bits per heavy atom. The van der Waals surface area contributed by atoms with Crippen LogP contribution >= 0.6 is 0 Å². The minimum Gasteiger partial charge on any atom is -0.488 e. The van der Waals surface area contributed by atoms with Crippen molar-refractivity contribution in [2.24, 2.45) is 0 Å². The van der Waals surface area contributed by atoms with E-state index in [1.165, 1.54) is 0 Å². The summed E-state index contributed by atoms with van der Waals surface area (Å²) in [5.41, 5.74) is 3.86. The van der Waals surface area contributed by atoms with Crippen molar-refractivity contribution in [3.8, 4) is 16.9 Å². The smallest absolute Gasteiger partial charge is 0.335 e. The predicted molar refractivity (Wildman–Crippen MR) is 94.3 cm³/mol. The molecule has 0 aliphatic heterocycles.